The van der Waals surface area contributed by atoms with E-state index >= 15 is 0 Å². The lowest BCUT2D eigenvalue weighted by atomic mass is 9.78. The Morgan fingerprint density at radius 3 is 2.75 bits per heavy atom. The molecule has 1 heterocycles. The molecule has 4 nitrogen and oxygen atoms in total. The van der Waals surface area contributed by atoms with Crippen molar-refractivity contribution in [2.45, 2.75) is 83.2 Å². The van der Waals surface area contributed by atoms with Crippen molar-refractivity contribution in [2.75, 3.05) is 13.1 Å². The van der Waals surface area contributed by atoms with Gasteiger partial charge in [-0.3, -0.25) is 14.5 Å². The minimum absolute atomic E-state index is 0. The molecule has 0 aromatic heterocycles. The van der Waals surface area contributed by atoms with Crippen LogP contribution in [0.3, 0.4) is 0 Å². The van der Waals surface area contributed by atoms with Gasteiger partial charge < -0.3 is 5.73 Å². The highest BCUT2D eigenvalue weighted by molar-refractivity contribution is 5.98. The van der Waals surface area contributed by atoms with Crippen LogP contribution >= 0.6 is 12.4 Å². The van der Waals surface area contributed by atoms with Gasteiger partial charge in [-0.1, -0.05) is 31.5 Å². The van der Waals surface area contributed by atoms with Crippen LogP contribution in [-0.4, -0.2) is 41.1 Å². The van der Waals surface area contributed by atoms with Gasteiger partial charge in [0.2, 0.25) is 0 Å². The van der Waals surface area contributed by atoms with E-state index in [4.69, 9.17) is 5.73 Å². The van der Waals surface area contributed by atoms with Crippen LogP contribution in [0.1, 0.15) is 80.3 Å². The molecule has 1 unspecified atom stereocenters. The second-order valence-electron chi connectivity index (χ2n) is 8.39. The van der Waals surface area contributed by atoms with Crippen LogP contribution in [0.2, 0.25) is 0 Å². The molecule has 28 heavy (non-hydrogen) atoms. The molecular weight excluding hydrogens is 372 g/mol. The van der Waals surface area contributed by atoms with Crippen molar-refractivity contribution >= 4 is 24.0 Å². The van der Waals surface area contributed by atoms with Gasteiger partial charge >= 0.3 is 0 Å². The zero-order valence-corrected chi connectivity index (χ0v) is 18.2. The minimum atomic E-state index is -0.529. The van der Waals surface area contributed by atoms with Crippen LogP contribution in [0.25, 0.3) is 0 Å². The van der Waals surface area contributed by atoms with Crippen LogP contribution in [-0.2, 0) is 17.6 Å². The van der Waals surface area contributed by atoms with Gasteiger partial charge in [0.1, 0.15) is 0 Å². The van der Waals surface area contributed by atoms with E-state index in [1.54, 1.807) is 0 Å². The molecule has 1 aromatic rings. The Morgan fingerprint density at radius 1 is 1.25 bits per heavy atom. The third kappa shape index (κ3) is 4.50. The Morgan fingerprint density at radius 2 is 2.04 bits per heavy atom. The fourth-order valence-corrected chi connectivity index (χ4v) is 5.07. The number of likely N-dealkylation sites (tertiary alicyclic amines) is 1. The highest BCUT2D eigenvalue weighted by Gasteiger charge is 2.45. The predicted molar refractivity (Wildman–Crippen MR) is 116 cm³/mol. The molecule has 156 valence electrons. The summed E-state index contributed by atoms with van der Waals surface area (Å²) in [7, 11) is 0. The molecule has 1 aromatic carbocycles. The Hall–Kier alpha value is -1.23. The number of aryl methyl sites for hydroxylation is 1. The Bertz CT molecular complexity index is 706. The van der Waals surface area contributed by atoms with Crippen molar-refractivity contribution in [1.82, 2.24) is 4.90 Å². The number of nitrogens with zero attached hydrogens (tertiary/aromatic N) is 1. The minimum Gasteiger partial charge on any atom is -0.328 e. The van der Waals surface area contributed by atoms with Crippen LogP contribution in [0.15, 0.2) is 18.2 Å². The maximum atomic E-state index is 13.5. The lowest BCUT2D eigenvalue weighted by molar-refractivity contribution is -0.134. The summed E-state index contributed by atoms with van der Waals surface area (Å²) in [5.74, 6) is 0.481. The molecule has 1 saturated heterocycles. The molecule has 0 amide bonds. The zero-order valence-electron chi connectivity index (χ0n) is 17.3. The average Bonchev–Trinajstić information content (AvgIpc) is 2.68. The van der Waals surface area contributed by atoms with E-state index in [-0.39, 0.29) is 24.0 Å². The van der Waals surface area contributed by atoms with Gasteiger partial charge in [0.25, 0.3) is 0 Å². The number of benzene rings is 1. The summed E-state index contributed by atoms with van der Waals surface area (Å²) >= 11 is 0. The number of nitrogens with two attached hydrogens (primary N) is 1. The first kappa shape index (κ1) is 23.1. The maximum absolute atomic E-state index is 13.5. The number of carbonyl (C=O) groups is 2. The first-order valence-electron chi connectivity index (χ1n) is 10.7. The van der Waals surface area contributed by atoms with E-state index in [0.29, 0.717) is 25.4 Å². The molecule has 0 radical (unpaired) electrons. The van der Waals surface area contributed by atoms with Gasteiger partial charge in [0, 0.05) is 31.0 Å². The van der Waals surface area contributed by atoms with Crippen molar-refractivity contribution < 1.29 is 9.59 Å². The Kier molecular flexibility index (Phi) is 8.23. The molecule has 5 heteroatoms. The van der Waals surface area contributed by atoms with Crippen LogP contribution in [0, 0.1) is 0 Å². The summed E-state index contributed by atoms with van der Waals surface area (Å²) in [4.78, 5) is 27.9. The lowest BCUT2D eigenvalue weighted by Gasteiger charge is -2.48. The first-order valence-corrected chi connectivity index (χ1v) is 10.7. The number of halogens is 1. The van der Waals surface area contributed by atoms with Crippen molar-refractivity contribution in [3.05, 3.63) is 34.9 Å². The van der Waals surface area contributed by atoms with Gasteiger partial charge in [-0.15, -0.1) is 12.4 Å². The molecule has 0 spiro atoms. The fraction of sp³-hybridized carbons (Fsp3) is 0.652. The quantitative estimate of drug-likeness (QED) is 0.740. The smallest absolute Gasteiger partial charge is 0.163 e. The second kappa shape index (κ2) is 10.00. The van der Waals surface area contributed by atoms with Gasteiger partial charge in [0.05, 0.1) is 5.54 Å². The molecular formula is C23H35ClN2O2. The van der Waals surface area contributed by atoms with E-state index in [1.807, 2.05) is 12.1 Å². The molecule has 2 atom stereocenters. The number of piperidine rings is 1. The number of Topliss-reactive ketones (excluding diaryl/α,β-unsaturated/α-hetero) is 2. The normalized spacial score (nSPS) is 23.6. The highest BCUT2D eigenvalue weighted by Crippen LogP contribution is 2.33. The van der Waals surface area contributed by atoms with Crippen molar-refractivity contribution in [1.29, 1.82) is 0 Å². The van der Waals surface area contributed by atoms with Crippen molar-refractivity contribution in [3.8, 4) is 0 Å². The first-order chi connectivity index (χ1) is 13.0. The van der Waals surface area contributed by atoms with E-state index in [2.05, 4.69) is 24.8 Å². The van der Waals surface area contributed by atoms with Gasteiger partial charge in [0.15, 0.2) is 11.6 Å². The molecule has 2 N–H and O–H groups in total. The van der Waals surface area contributed by atoms with E-state index in [0.717, 1.165) is 68.2 Å². The molecule has 3 rings (SSSR count). The van der Waals surface area contributed by atoms with Crippen LogP contribution < -0.4 is 5.73 Å². The summed E-state index contributed by atoms with van der Waals surface area (Å²) in [6, 6.07) is 6.35. The summed E-state index contributed by atoms with van der Waals surface area (Å²) in [6.45, 7) is 5.78. The SMILES string of the molecule is CCCC(C)N1CCCC[C@]1(CN)C(=O)Cc1ccc2c(c1)CCCC2=O.Cl. The number of ketones is 2. The number of fused-ring (bicyclic) bond motifs is 1. The third-order valence-electron chi connectivity index (χ3n) is 6.57. The molecule has 2 aliphatic rings. The molecule has 0 bridgehead atoms. The molecule has 1 aliphatic heterocycles. The monoisotopic (exact) mass is 406 g/mol. The number of hydrogen-bond acceptors (Lipinski definition) is 4. The van der Waals surface area contributed by atoms with Gasteiger partial charge in [-0.2, -0.15) is 0 Å². The molecule has 1 aliphatic carbocycles. The van der Waals surface area contributed by atoms with Crippen LogP contribution in [0.4, 0.5) is 0 Å². The standard InChI is InChI=1S/C23H34N2O2.ClH/c1-3-7-17(2)25-13-5-4-12-23(25,16-24)22(27)15-18-10-11-20-19(14-18)8-6-9-21(20)26;/h10-11,14,17H,3-9,12-13,15-16,24H2,1-2H3;1H/t17?,23-;/m0./s1. The highest BCUT2D eigenvalue weighted by atomic mass is 35.5. The molecule has 0 saturated carbocycles. The predicted octanol–water partition coefficient (Wildman–Crippen LogP) is 4.11. The zero-order chi connectivity index (χ0) is 19.4. The van der Waals surface area contributed by atoms with Crippen LogP contribution in [0.5, 0.6) is 0 Å². The van der Waals surface area contributed by atoms with E-state index in [9.17, 15) is 9.59 Å². The van der Waals surface area contributed by atoms with E-state index < -0.39 is 5.54 Å². The summed E-state index contributed by atoms with van der Waals surface area (Å²) < 4.78 is 0. The van der Waals surface area contributed by atoms with Crippen molar-refractivity contribution in [2.24, 2.45) is 5.73 Å². The Labute approximate surface area is 175 Å². The number of rotatable bonds is 7. The summed E-state index contributed by atoms with van der Waals surface area (Å²) in [6.07, 6.45) is 8.19. The topological polar surface area (TPSA) is 63.4 Å². The number of hydrogen-bond donors (Lipinski definition) is 1. The largest absolute Gasteiger partial charge is 0.328 e. The molecule has 1 fully saturated rings. The lowest BCUT2D eigenvalue weighted by Crippen LogP contribution is -2.64. The van der Waals surface area contributed by atoms with Gasteiger partial charge in [-0.25, -0.2) is 0 Å². The summed E-state index contributed by atoms with van der Waals surface area (Å²) in [5, 5.41) is 0. The Balaban J connectivity index is 0.00000280. The van der Waals surface area contributed by atoms with Gasteiger partial charge in [-0.05, 0) is 63.1 Å². The fourth-order valence-electron chi connectivity index (χ4n) is 5.07. The average molecular weight is 407 g/mol. The van der Waals surface area contributed by atoms with Crippen molar-refractivity contribution in [3.63, 3.8) is 0 Å². The maximum Gasteiger partial charge on any atom is 0.163 e. The third-order valence-corrected chi connectivity index (χ3v) is 6.57. The second-order valence-corrected chi connectivity index (χ2v) is 8.39. The number of carbonyl (C=O) groups excluding carboxylic acids is 2. The van der Waals surface area contributed by atoms with E-state index in [1.165, 1.54) is 0 Å². The summed E-state index contributed by atoms with van der Waals surface area (Å²) in [5.41, 5.74) is 8.69.